The Morgan fingerprint density at radius 2 is 1.95 bits per heavy atom. The highest BCUT2D eigenvalue weighted by atomic mass is 35.5. The van der Waals surface area contributed by atoms with Gasteiger partial charge in [-0.2, -0.15) is 5.10 Å². The second-order valence-electron chi connectivity index (χ2n) is 4.24. The standard InChI is InChI=1S/C14H15Cl3N2O/c1-3-11-14(17)12(19(4-2)18-11)8-20-13-7-9(15)5-6-10(13)16/h5-7H,3-4,8H2,1-2H3. The number of benzene rings is 1. The van der Waals surface area contributed by atoms with Crippen LogP contribution in [0, 0.1) is 0 Å². The minimum atomic E-state index is 0.305. The molecule has 1 aromatic heterocycles. The molecule has 0 bridgehead atoms. The molecule has 2 rings (SSSR count). The number of halogens is 3. The summed E-state index contributed by atoms with van der Waals surface area (Å²) in [6.07, 6.45) is 0.788. The number of nitrogens with zero attached hydrogens (tertiary/aromatic N) is 2. The van der Waals surface area contributed by atoms with Crippen molar-refractivity contribution in [3.63, 3.8) is 0 Å². The van der Waals surface area contributed by atoms with Gasteiger partial charge in [-0.15, -0.1) is 0 Å². The van der Waals surface area contributed by atoms with Gasteiger partial charge in [0.2, 0.25) is 0 Å². The van der Waals surface area contributed by atoms with Crippen molar-refractivity contribution < 1.29 is 4.74 Å². The number of ether oxygens (including phenoxy) is 1. The van der Waals surface area contributed by atoms with Crippen LogP contribution in [0.4, 0.5) is 0 Å². The number of hydrogen-bond donors (Lipinski definition) is 0. The minimum Gasteiger partial charge on any atom is -0.486 e. The van der Waals surface area contributed by atoms with Gasteiger partial charge in [0.05, 0.1) is 21.4 Å². The lowest BCUT2D eigenvalue weighted by Gasteiger charge is -2.10. The lowest BCUT2D eigenvalue weighted by Crippen LogP contribution is -2.06. The van der Waals surface area contributed by atoms with Crippen LogP contribution in [-0.2, 0) is 19.6 Å². The van der Waals surface area contributed by atoms with Crippen LogP contribution < -0.4 is 4.74 Å². The Morgan fingerprint density at radius 3 is 2.60 bits per heavy atom. The highest BCUT2D eigenvalue weighted by Gasteiger charge is 2.15. The molecule has 1 heterocycles. The van der Waals surface area contributed by atoms with E-state index in [0.29, 0.717) is 27.4 Å². The highest BCUT2D eigenvalue weighted by Crippen LogP contribution is 2.29. The van der Waals surface area contributed by atoms with Crippen LogP contribution in [0.1, 0.15) is 25.2 Å². The van der Waals surface area contributed by atoms with Gasteiger partial charge in [0.25, 0.3) is 0 Å². The van der Waals surface area contributed by atoms with E-state index in [1.165, 1.54) is 0 Å². The molecule has 0 saturated carbocycles. The van der Waals surface area contributed by atoms with E-state index in [1.54, 1.807) is 18.2 Å². The molecule has 0 N–H and O–H groups in total. The van der Waals surface area contributed by atoms with Gasteiger partial charge in [-0.3, -0.25) is 4.68 Å². The SMILES string of the molecule is CCc1nn(CC)c(COc2cc(Cl)ccc2Cl)c1Cl. The lowest BCUT2D eigenvalue weighted by molar-refractivity contribution is 0.293. The Kier molecular flexibility index (Phi) is 5.19. The molecule has 0 fully saturated rings. The van der Waals surface area contributed by atoms with Gasteiger partial charge in [0, 0.05) is 17.6 Å². The molecular formula is C14H15Cl3N2O. The van der Waals surface area contributed by atoms with E-state index in [-0.39, 0.29) is 0 Å². The quantitative estimate of drug-likeness (QED) is 0.769. The van der Waals surface area contributed by atoms with Gasteiger partial charge in [0.15, 0.2) is 0 Å². The maximum atomic E-state index is 6.32. The van der Waals surface area contributed by atoms with Crippen molar-refractivity contribution >= 4 is 34.8 Å². The first-order chi connectivity index (χ1) is 9.56. The average molecular weight is 334 g/mol. The first-order valence-electron chi connectivity index (χ1n) is 6.38. The summed E-state index contributed by atoms with van der Waals surface area (Å²) in [6.45, 7) is 5.08. The number of hydrogen-bond acceptors (Lipinski definition) is 2. The van der Waals surface area contributed by atoms with Crippen LogP contribution in [0.3, 0.4) is 0 Å². The van der Waals surface area contributed by atoms with E-state index in [2.05, 4.69) is 5.10 Å². The molecule has 3 nitrogen and oxygen atoms in total. The first kappa shape index (κ1) is 15.5. The Morgan fingerprint density at radius 1 is 1.20 bits per heavy atom. The molecule has 0 aliphatic carbocycles. The molecular weight excluding hydrogens is 319 g/mol. The topological polar surface area (TPSA) is 27.1 Å². The van der Waals surface area contributed by atoms with Crippen LogP contribution in [0.2, 0.25) is 15.1 Å². The van der Waals surface area contributed by atoms with Crippen LogP contribution in [-0.4, -0.2) is 9.78 Å². The molecule has 20 heavy (non-hydrogen) atoms. The van der Waals surface area contributed by atoms with Crippen LogP contribution >= 0.6 is 34.8 Å². The zero-order valence-electron chi connectivity index (χ0n) is 11.3. The van der Waals surface area contributed by atoms with Crippen molar-refractivity contribution in [3.05, 3.63) is 44.7 Å². The van der Waals surface area contributed by atoms with Crippen molar-refractivity contribution in [2.45, 2.75) is 33.4 Å². The number of aromatic nitrogens is 2. The predicted octanol–water partition coefficient (Wildman–Crippen LogP) is 5.00. The van der Waals surface area contributed by atoms with E-state index in [0.717, 1.165) is 24.4 Å². The number of rotatable bonds is 5. The summed E-state index contributed by atoms with van der Waals surface area (Å²) in [5.41, 5.74) is 1.73. The molecule has 2 aromatic rings. The van der Waals surface area contributed by atoms with Gasteiger partial charge in [-0.05, 0) is 25.5 Å². The van der Waals surface area contributed by atoms with E-state index < -0.39 is 0 Å². The molecule has 0 atom stereocenters. The molecule has 0 aliphatic rings. The van der Waals surface area contributed by atoms with E-state index in [9.17, 15) is 0 Å². The third-order valence-electron chi connectivity index (χ3n) is 2.95. The summed E-state index contributed by atoms with van der Waals surface area (Å²) >= 11 is 18.3. The monoisotopic (exact) mass is 332 g/mol. The number of aryl methyl sites for hydroxylation is 2. The van der Waals surface area contributed by atoms with Crippen molar-refractivity contribution in [2.24, 2.45) is 0 Å². The predicted molar refractivity (Wildman–Crippen MR) is 83.1 cm³/mol. The molecule has 0 amide bonds. The Balaban J connectivity index is 2.22. The van der Waals surface area contributed by atoms with Crippen molar-refractivity contribution in [2.75, 3.05) is 0 Å². The molecule has 0 spiro atoms. The Labute approximate surface area is 133 Å². The van der Waals surface area contributed by atoms with E-state index >= 15 is 0 Å². The maximum absolute atomic E-state index is 6.32. The molecule has 1 aromatic carbocycles. The fourth-order valence-electron chi connectivity index (χ4n) is 1.89. The Hall–Kier alpha value is -0.900. The van der Waals surface area contributed by atoms with Gasteiger partial charge < -0.3 is 4.74 Å². The third-order valence-corrected chi connectivity index (χ3v) is 3.94. The van der Waals surface area contributed by atoms with Crippen molar-refractivity contribution in [1.29, 1.82) is 0 Å². The molecule has 108 valence electrons. The summed E-state index contributed by atoms with van der Waals surface area (Å²) in [7, 11) is 0. The molecule has 0 aliphatic heterocycles. The zero-order chi connectivity index (χ0) is 14.7. The average Bonchev–Trinajstić information content (AvgIpc) is 2.75. The van der Waals surface area contributed by atoms with Gasteiger partial charge >= 0.3 is 0 Å². The molecule has 0 unspecified atom stereocenters. The molecule has 0 radical (unpaired) electrons. The van der Waals surface area contributed by atoms with Crippen molar-refractivity contribution in [3.8, 4) is 5.75 Å². The largest absolute Gasteiger partial charge is 0.486 e. The Bertz CT molecular complexity index is 611. The summed E-state index contributed by atoms with van der Waals surface area (Å²) in [6, 6.07) is 5.11. The van der Waals surface area contributed by atoms with Gasteiger partial charge in [-0.25, -0.2) is 0 Å². The fourth-order valence-corrected chi connectivity index (χ4v) is 2.55. The molecule has 0 saturated heterocycles. The summed E-state index contributed by atoms with van der Waals surface area (Å²) in [4.78, 5) is 0. The summed E-state index contributed by atoms with van der Waals surface area (Å²) < 4.78 is 7.57. The van der Waals surface area contributed by atoms with Crippen LogP contribution in [0.15, 0.2) is 18.2 Å². The zero-order valence-corrected chi connectivity index (χ0v) is 13.6. The molecule has 6 heteroatoms. The van der Waals surface area contributed by atoms with E-state index in [1.807, 2.05) is 18.5 Å². The second-order valence-corrected chi connectivity index (χ2v) is 5.46. The fraction of sp³-hybridized carbons (Fsp3) is 0.357. The van der Waals surface area contributed by atoms with Crippen LogP contribution in [0.5, 0.6) is 5.75 Å². The normalized spacial score (nSPS) is 10.8. The smallest absolute Gasteiger partial charge is 0.139 e. The maximum Gasteiger partial charge on any atom is 0.139 e. The summed E-state index contributed by atoms with van der Waals surface area (Å²) in [5, 5.41) is 6.20. The minimum absolute atomic E-state index is 0.305. The van der Waals surface area contributed by atoms with E-state index in [4.69, 9.17) is 39.5 Å². The summed E-state index contributed by atoms with van der Waals surface area (Å²) in [5.74, 6) is 0.539. The van der Waals surface area contributed by atoms with Crippen LogP contribution in [0.25, 0.3) is 0 Å². The van der Waals surface area contributed by atoms with Gasteiger partial charge in [-0.1, -0.05) is 41.7 Å². The second kappa shape index (κ2) is 6.70. The lowest BCUT2D eigenvalue weighted by atomic mass is 10.3. The van der Waals surface area contributed by atoms with Gasteiger partial charge in [0.1, 0.15) is 12.4 Å². The first-order valence-corrected chi connectivity index (χ1v) is 7.52. The highest BCUT2D eigenvalue weighted by molar-refractivity contribution is 6.34. The third kappa shape index (κ3) is 3.22. The van der Waals surface area contributed by atoms with Crippen molar-refractivity contribution in [1.82, 2.24) is 9.78 Å².